The van der Waals surface area contributed by atoms with Crippen LogP contribution in [0.2, 0.25) is 5.02 Å². The quantitative estimate of drug-likeness (QED) is 0.815. The number of benzene rings is 2. The van der Waals surface area contributed by atoms with Gasteiger partial charge in [0.15, 0.2) is 0 Å². The Morgan fingerprint density at radius 2 is 1.86 bits per heavy atom. The van der Waals surface area contributed by atoms with Gasteiger partial charge in [-0.1, -0.05) is 35.9 Å². The first-order valence-corrected chi connectivity index (χ1v) is 7.68. The van der Waals surface area contributed by atoms with Crippen molar-refractivity contribution < 1.29 is 4.74 Å². The van der Waals surface area contributed by atoms with Gasteiger partial charge in [0.25, 0.3) is 0 Å². The summed E-state index contributed by atoms with van der Waals surface area (Å²) in [5.74, 6) is 0.889. The maximum atomic E-state index is 5.96. The van der Waals surface area contributed by atoms with Gasteiger partial charge in [-0.15, -0.1) is 0 Å². The van der Waals surface area contributed by atoms with E-state index >= 15 is 0 Å². The molecule has 2 aromatic carbocycles. The molecular weight excluding hydrogens is 282 g/mol. The fourth-order valence-electron chi connectivity index (χ4n) is 2.07. The molecule has 0 aromatic heterocycles. The highest BCUT2D eigenvalue weighted by molar-refractivity contribution is 6.30. The van der Waals surface area contributed by atoms with Crippen LogP contribution in [0.25, 0.3) is 0 Å². The summed E-state index contributed by atoms with van der Waals surface area (Å²) in [6, 6.07) is 16.6. The van der Waals surface area contributed by atoms with Crippen molar-refractivity contribution in [2.45, 2.75) is 32.4 Å². The largest absolute Gasteiger partial charge is 0.489 e. The highest BCUT2D eigenvalue weighted by atomic mass is 35.5. The zero-order chi connectivity index (χ0) is 15.1. The van der Waals surface area contributed by atoms with E-state index in [-0.39, 0.29) is 0 Å². The van der Waals surface area contributed by atoms with Crippen molar-refractivity contribution in [2.75, 3.05) is 7.05 Å². The number of halogens is 1. The molecule has 0 saturated heterocycles. The molecule has 0 amide bonds. The Hall–Kier alpha value is -1.51. The predicted octanol–water partition coefficient (Wildman–Crippen LogP) is 4.46. The van der Waals surface area contributed by atoms with Crippen molar-refractivity contribution in [3.8, 4) is 5.75 Å². The average molecular weight is 304 g/mol. The van der Waals surface area contributed by atoms with Crippen LogP contribution in [0.4, 0.5) is 0 Å². The molecule has 0 radical (unpaired) electrons. The Labute approximate surface area is 132 Å². The SMILES string of the molecule is CNC(C)CCc1ccc(OCc2cccc(Cl)c2)cc1. The summed E-state index contributed by atoms with van der Waals surface area (Å²) in [7, 11) is 2.00. The Morgan fingerprint density at radius 1 is 1.10 bits per heavy atom. The van der Waals surface area contributed by atoms with Gasteiger partial charge in [0, 0.05) is 11.1 Å². The first-order valence-electron chi connectivity index (χ1n) is 7.31. The van der Waals surface area contributed by atoms with Crippen LogP contribution >= 0.6 is 11.6 Å². The second-order valence-electron chi connectivity index (χ2n) is 5.29. The zero-order valence-corrected chi connectivity index (χ0v) is 13.4. The van der Waals surface area contributed by atoms with E-state index in [2.05, 4.69) is 24.4 Å². The molecule has 112 valence electrons. The fourth-order valence-corrected chi connectivity index (χ4v) is 2.29. The highest BCUT2D eigenvalue weighted by Gasteiger charge is 2.01. The van der Waals surface area contributed by atoms with Crippen LogP contribution in [0.5, 0.6) is 5.75 Å². The number of hydrogen-bond donors (Lipinski definition) is 1. The lowest BCUT2D eigenvalue weighted by Crippen LogP contribution is -2.21. The first-order chi connectivity index (χ1) is 10.2. The van der Waals surface area contributed by atoms with Crippen LogP contribution in [0.1, 0.15) is 24.5 Å². The molecule has 0 aliphatic rings. The molecule has 21 heavy (non-hydrogen) atoms. The zero-order valence-electron chi connectivity index (χ0n) is 12.6. The second kappa shape index (κ2) is 8.06. The van der Waals surface area contributed by atoms with E-state index in [1.807, 2.05) is 43.4 Å². The predicted molar refractivity (Wildman–Crippen MR) is 89.1 cm³/mol. The Balaban J connectivity index is 1.85. The lowest BCUT2D eigenvalue weighted by atomic mass is 10.1. The van der Waals surface area contributed by atoms with Crippen LogP contribution in [-0.2, 0) is 13.0 Å². The van der Waals surface area contributed by atoms with E-state index in [1.165, 1.54) is 5.56 Å². The van der Waals surface area contributed by atoms with Crippen LogP contribution in [0.15, 0.2) is 48.5 Å². The van der Waals surface area contributed by atoms with Gasteiger partial charge in [0.05, 0.1) is 0 Å². The monoisotopic (exact) mass is 303 g/mol. The van der Waals surface area contributed by atoms with Crippen molar-refractivity contribution in [1.29, 1.82) is 0 Å². The van der Waals surface area contributed by atoms with Crippen molar-refractivity contribution in [3.63, 3.8) is 0 Å². The summed E-state index contributed by atoms with van der Waals surface area (Å²) < 4.78 is 5.78. The third-order valence-corrected chi connectivity index (χ3v) is 3.81. The van der Waals surface area contributed by atoms with Crippen LogP contribution in [0.3, 0.4) is 0 Å². The second-order valence-corrected chi connectivity index (χ2v) is 5.73. The van der Waals surface area contributed by atoms with Gasteiger partial charge in [-0.05, 0) is 62.2 Å². The molecule has 0 aliphatic carbocycles. The van der Waals surface area contributed by atoms with Crippen LogP contribution < -0.4 is 10.1 Å². The van der Waals surface area contributed by atoms with E-state index < -0.39 is 0 Å². The van der Waals surface area contributed by atoms with Gasteiger partial charge in [0.1, 0.15) is 12.4 Å². The Kier molecular flexibility index (Phi) is 6.09. The fraction of sp³-hybridized carbons (Fsp3) is 0.333. The van der Waals surface area contributed by atoms with E-state index in [1.54, 1.807) is 0 Å². The van der Waals surface area contributed by atoms with Gasteiger partial charge < -0.3 is 10.1 Å². The van der Waals surface area contributed by atoms with Gasteiger partial charge in [0.2, 0.25) is 0 Å². The third-order valence-electron chi connectivity index (χ3n) is 3.58. The van der Waals surface area contributed by atoms with Gasteiger partial charge in [-0.25, -0.2) is 0 Å². The summed E-state index contributed by atoms with van der Waals surface area (Å²) in [5.41, 5.74) is 2.42. The molecule has 1 atom stereocenters. The molecule has 2 aromatic rings. The number of nitrogens with one attached hydrogen (secondary N) is 1. The van der Waals surface area contributed by atoms with E-state index in [4.69, 9.17) is 16.3 Å². The summed E-state index contributed by atoms with van der Waals surface area (Å²) in [5, 5.41) is 3.99. The molecule has 0 spiro atoms. The van der Waals surface area contributed by atoms with Crippen LogP contribution in [0, 0.1) is 0 Å². The van der Waals surface area contributed by atoms with Crippen LogP contribution in [-0.4, -0.2) is 13.1 Å². The molecule has 1 N–H and O–H groups in total. The molecule has 2 nitrogen and oxygen atoms in total. The van der Waals surface area contributed by atoms with Crippen molar-refractivity contribution in [1.82, 2.24) is 5.32 Å². The minimum absolute atomic E-state index is 0.538. The third kappa shape index (κ3) is 5.41. The lowest BCUT2D eigenvalue weighted by Gasteiger charge is -2.10. The molecule has 0 fully saturated rings. The average Bonchev–Trinajstić information content (AvgIpc) is 2.51. The molecule has 1 unspecified atom stereocenters. The van der Waals surface area contributed by atoms with Crippen molar-refractivity contribution in [2.24, 2.45) is 0 Å². The standard InChI is InChI=1S/C18H22ClNO/c1-14(20-2)6-7-15-8-10-18(11-9-15)21-13-16-4-3-5-17(19)12-16/h3-5,8-12,14,20H,6-7,13H2,1-2H3. The molecule has 0 saturated carbocycles. The summed E-state index contributed by atoms with van der Waals surface area (Å²) in [6.07, 6.45) is 2.22. The maximum Gasteiger partial charge on any atom is 0.119 e. The highest BCUT2D eigenvalue weighted by Crippen LogP contribution is 2.17. The van der Waals surface area contributed by atoms with Crippen molar-refractivity contribution in [3.05, 3.63) is 64.7 Å². The summed E-state index contributed by atoms with van der Waals surface area (Å²) in [6.45, 7) is 2.74. The Morgan fingerprint density at radius 3 is 2.52 bits per heavy atom. The topological polar surface area (TPSA) is 21.3 Å². The van der Waals surface area contributed by atoms with Gasteiger partial charge >= 0.3 is 0 Å². The number of hydrogen-bond acceptors (Lipinski definition) is 2. The van der Waals surface area contributed by atoms with E-state index in [9.17, 15) is 0 Å². The van der Waals surface area contributed by atoms with E-state index in [0.29, 0.717) is 12.6 Å². The minimum atomic E-state index is 0.538. The first kappa shape index (κ1) is 15.9. The molecule has 2 rings (SSSR count). The van der Waals surface area contributed by atoms with Gasteiger partial charge in [-0.3, -0.25) is 0 Å². The lowest BCUT2D eigenvalue weighted by molar-refractivity contribution is 0.306. The number of ether oxygens (including phenoxy) is 1. The van der Waals surface area contributed by atoms with E-state index in [0.717, 1.165) is 29.2 Å². The Bertz CT molecular complexity index is 553. The summed E-state index contributed by atoms with van der Waals surface area (Å²) >= 11 is 5.96. The number of aryl methyl sites for hydroxylation is 1. The molecule has 0 bridgehead atoms. The smallest absolute Gasteiger partial charge is 0.119 e. The minimum Gasteiger partial charge on any atom is -0.489 e. The summed E-state index contributed by atoms with van der Waals surface area (Å²) in [4.78, 5) is 0. The number of rotatable bonds is 7. The van der Waals surface area contributed by atoms with Gasteiger partial charge in [-0.2, -0.15) is 0 Å². The van der Waals surface area contributed by atoms with Crippen molar-refractivity contribution >= 4 is 11.6 Å². The molecular formula is C18H22ClNO. The normalized spacial score (nSPS) is 12.1. The molecule has 0 aliphatic heterocycles. The molecule has 0 heterocycles. The molecule has 3 heteroatoms. The maximum absolute atomic E-state index is 5.96.